The van der Waals surface area contributed by atoms with Crippen LogP contribution in [0.1, 0.15) is 15.9 Å². The Balaban J connectivity index is 2.32. The van der Waals surface area contributed by atoms with Crippen LogP contribution in [0.5, 0.6) is 0 Å². The van der Waals surface area contributed by atoms with E-state index in [-0.39, 0.29) is 11.3 Å². The highest BCUT2D eigenvalue weighted by atomic mass is 35.5. The molecule has 0 aliphatic rings. The van der Waals surface area contributed by atoms with E-state index in [0.717, 1.165) is 12.1 Å². The Morgan fingerprint density at radius 2 is 1.82 bits per heavy atom. The van der Waals surface area contributed by atoms with Gasteiger partial charge in [0.15, 0.2) is 11.6 Å². The maximum absolute atomic E-state index is 13.3. The summed E-state index contributed by atoms with van der Waals surface area (Å²) in [6.45, 7) is 1.55. The molecule has 2 aromatic rings. The van der Waals surface area contributed by atoms with E-state index in [0.29, 0.717) is 15.5 Å². The Bertz CT molecular complexity index is 780. The summed E-state index contributed by atoms with van der Waals surface area (Å²) < 4.78 is 37.9. The second kappa shape index (κ2) is 6.54. The van der Waals surface area contributed by atoms with E-state index >= 15 is 0 Å². The molecule has 116 valence electrons. The lowest BCUT2D eigenvalue weighted by molar-refractivity contribution is 0.102. The molecular weight excluding hydrogens is 332 g/mol. The first-order chi connectivity index (χ1) is 10.3. The lowest BCUT2D eigenvalue weighted by atomic mass is 10.1. The van der Waals surface area contributed by atoms with Gasteiger partial charge in [-0.05, 0) is 36.8 Å². The molecule has 0 radical (unpaired) electrons. The van der Waals surface area contributed by atoms with Gasteiger partial charge in [0.1, 0.15) is 0 Å². The van der Waals surface area contributed by atoms with Gasteiger partial charge in [-0.25, -0.2) is 8.78 Å². The Kier molecular flexibility index (Phi) is 4.93. The topological polar surface area (TPSA) is 46.2 Å². The van der Waals surface area contributed by atoms with E-state index in [1.54, 1.807) is 6.92 Å². The first kappa shape index (κ1) is 16.6. The van der Waals surface area contributed by atoms with Crippen LogP contribution < -0.4 is 5.32 Å². The molecule has 0 aromatic heterocycles. The highest BCUT2D eigenvalue weighted by Crippen LogP contribution is 2.23. The summed E-state index contributed by atoms with van der Waals surface area (Å²) in [4.78, 5) is 12.5. The van der Waals surface area contributed by atoms with Crippen molar-refractivity contribution in [3.8, 4) is 0 Å². The molecule has 22 heavy (non-hydrogen) atoms. The molecule has 2 aromatic carbocycles. The zero-order chi connectivity index (χ0) is 16.4. The van der Waals surface area contributed by atoms with E-state index in [1.807, 2.05) is 0 Å². The molecule has 1 unspecified atom stereocenters. The summed E-state index contributed by atoms with van der Waals surface area (Å²) in [6.07, 6.45) is 1.45. The van der Waals surface area contributed by atoms with Crippen molar-refractivity contribution in [3.63, 3.8) is 0 Å². The van der Waals surface area contributed by atoms with E-state index < -0.39 is 28.3 Å². The van der Waals surface area contributed by atoms with Crippen LogP contribution in [0.25, 0.3) is 0 Å². The predicted octanol–water partition coefficient (Wildman–Crippen LogP) is 3.92. The van der Waals surface area contributed by atoms with Crippen LogP contribution in [-0.4, -0.2) is 16.4 Å². The highest BCUT2D eigenvalue weighted by molar-refractivity contribution is 7.84. The zero-order valence-corrected chi connectivity index (χ0v) is 13.3. The number of rotatable bonds is 3. The highest BCUT2D eigenvalue weighted by Gasteiger charge is 2.14. The molecule has 0 saturated carbocycles. The number of amides is 1. The van der Waals surface area contributed by atoms with Crippen molar-refractivity contribution in [3.05, 3.63) is 58.1 Å². The fourth-order valence-corrected chi connectivity index (χ4v) is 2.92. The molecule has 0 heterocycles. The third-order valence-corrected chi connectivity index (χ3v) is 4.42. The van der Waals surface area contributed by atoms with Crippen molar-refractivity contribution in [1.29, 1.82) is 0 Å². The van der Waals surface area contributed by atoms with Crippen molar-refractivity contribution < 1.29 is 17.8 Å². The van der Waals surface area contributed by atoms with E-state index in [4.69, 9.17) is 11.6 Å². The molecule has 7 heteroatoms. The lowest BCUT2D eigenvalue weighted by Crippen LogP contribution is -2.13. The maximum Gasteiger partial charge on any atom is 0.255 e. The Labute approximate surface area is 133 Å². The minimum absolute atomic E-state index is 0.165. The van der Waals surface area contributed by atoms with Crippen molar-refractivity contribution >= 4 is 34.0 Å². The number of nitrogens with one attached hydrogen (secondary N) is 1. The van der Waals surface area contributed by atoms with Crippen LogP contribution >= 0.6 is 11.6 Å². The zero-order valence-electron chi connectivity index (χ0n) is 11.7. The quantitative estimate of drug-likeness (QED) is 0.918. The minimum atomic E-state index is -1.35. The smallest absolute Gasteiger partial charge is 0.255 e. The third kappa shape index (κ3) is 3.51. The van der Waals surface area contributed by atoms with E-state index in [2.05, 4.69) is 5.32 Å². The fraction of sp³-hybridized carbons (Fsp3) is 0.133. The van der Waals surface area contributed by atoms with Crippen molar-refractivity contribution in [1.82, 2.24) is 0 Å². The second-order valence-electron chi connectivity index (χ2n) is 4.63. The molecule has 0 aliphatic carbocycles. The average molecular weight is 344 g/mol. The number of aryl methyl sites for hydroxylation is 1. The molecule has 1 atom stereocenters. The average Bonchev–Trinajstić information content (AvgIpc) is 2.44. The van der Waals surface area contributed by atoms with Gasteiger partial charge >= 0.3 is 0 Å². The van der Waals surface area contributed by atoms with Gasteiger partial charge < -0.3 is 5.32 Å². The van der Waals surface area contributed by atoms with Gasteiger partial charge in [-0.15, -0.1) is 0 Å². The number of carbonyl (C=O) groups excluding carboxylic acids is 1. The lowest BCUT2D eigenvalue weighted by Gasteiger charge is -2.10. The predicted molar refractivity (Wildman–Crippen MR) is 82.8 cm³/mol. The molecule has 2 rings (SSSR count). The Morgan fingerprint density at radius 3 is 2.45 bits per heavy atom. The molecule has 0 spiro atoms. The monoisotopic (exact) mass is 343 g/mol. The van der Waals surface area contributed by atoms with Gasteiger partial charge in [0, 0.05) is 23.6 Å². The fourth-order valence-electron chi connectivity index (χ4n) is 1.84. The molecular formula is C15H12ClF2NO2S. The summed E-state index contributed by atoms with van der Waals surface area (Å²) in [5, 5.41) is 2.79. The van der Waals surface area contributed by atoms with E-state index in [1.165, 1.54) is 24.5 Å². The summed E-state index contributed by atoms with van der Waals surface area (Å²) in [5.41, 5.74) is 0.775. The molecule has 1 amide bonds. The number of benzene rings is 2. The number of halogens is 3. The minimum Gasteiger partial charge on any atom is -0.322 e. The van der Waals surface area contributed by atoms with Crippen LogP contribution in [0.4, 0.5) is 14.5 Å². The molecule has 0 aliphatic heterocycles. The van der Waals surface area contributed by atoms with Gasteiger partial charge in [0.2, 0.25) is 0 Å². The number of carbonyl (C=O) groups is 1. The SMILES string of the molecule is Cc1cc(F)c(F)cc1NC(=O)c1ccc(Cl)c(S(C)=O)c1. The molecule has 0 bridgehead atoms. The van der Waals surface area contributed by atoms with Gasteiger partial charge in [-0.3, -0.25) is 9.00 Å². The van der Waals surface area contributed by atoms with Crippen LogP contribution in [0.15, 0.2) is 35.2 Å². The Morgan fingerprint density at radius 1 is 1.18 bits per heavy atom. The number of hydrogen-bond acceptors (Lipinski definition) is 2. The molecule has 0 saturated heterocycles. The van der Waals surface area contributed by atoms with Gasteiger partial charge in [0.25, 0.3) is 5.91 Å². The van der Waals surface area contributed by atoms with E-state index in [9.17, 15) is 17.8 Å². The van der Waals surface area contributed by atoms with Crippen LogP contribution in [0, 0.1) is 18.6 Å². The molecule has 3 nitrogen and oxygen atoms in total. The van der Waals surface area contributed by atoms with Crippen LogP contribution in [-0.2, 0) is 10.8 Å². The number of hydrogen-bond donors (Lipinski definition) is 1. The van der Waals surface area contributed by atoms with Gasteiger partial charge in [0.05, 0.1) is 20.7 Å². The first-order valence-corrected chi connectivity index (χ1v) is 8.13. The summed E-state index contributed by atoms with van der Waals surface area (Å²) in [7, 11) is -1.35. The second-order valence-corrected chi connectivity index (χ2v) is 6.39. The Hall–Kier alpha value is -1.79. The van der Waals surface area contributed by atoms with Crippen molar-refractivity contribution in [2.24, 2.45) is 0 Å². The first-order valence-electron chi connectivity index (χ1n) is 6.19. The third-order valence-electron chi connectivity index (χ3n) is 3.02. The van der Waals surface area contributed by atoms with Gasteiger partial charge in [-0.2, -0.15) is 0 Å². The molecule has 1 N–H and O–H groups in total. The number of anilines is 1. The van der Waals surface area contributed by atoms with Crippen LogP contribution in [0.2, 0.25) is 5.02 Å². The molecule has 0 fully saturated rings. The summed E-state index contributed by atoms with van der Waals surface area (Å²) in [6, 6.07) is 6.24. The summed E-state index contributed by atoms with van der Waals surface area (Å²) in [5.74, 6) is -2.56. The standard InChI is InChI=1S/C15H12ClF2NO2S/c1-8-5-11(17)12(18)7-13(8)19-15(20)9-3-4-10(16)14(6-9)22(2)21/h3-7H,1-2H3,(H,19,20). The maximum atomic E-state index is 13.3. The van der Waals surface area contributed by atoms with Gasteiger partial charge in [-0.1, -0.05) is 11.6 Å². The van der Waals surface area contributed by atoms with Crippen LogP contribution in [0.3, 0.4) is 0 Å². The largest absolute Gasteiger partial charge is 0.322 e. The normalized spacial score (nSPS) is 12.0. The van der Waals surface area contributed by atoms with Crippen molar-refractivity contribution in [2.45, 2.75) is 11.8 Å². The summed E-state index contributed by atoms with van der Waals surface area (Å²) >= 11 is 5.90. The van der Waals surface area contributed by atoms with Crippen molar-refractivity contribution in [2.75, 3.05) is 11.6 Å².